The highest BCUT2D eigenvalue weighted by Gasteiger charge is 2.25. The van der Waals surface area contributed by atoms with Crippen LogP contribution in [0.25, 0.3) is 10.2 Å². The van der Waals surface area contributed by atoms with Crippen LogP contribution in [0.4, 0.5) is 0 Å². The van der Waals surface area contributed by atoms with Crippen molar-refractivity contribution in [2.24, 2.45) is 0 Å². The van der Waals surface area contributed by atoms with Gasteiger partial charge in [0.1, 0.15) is 5.01 Å². The average Bonchev–Trinajstić information content (AvgIpc) is 3.21. The van der Waals surface area contributed by atoms with Crippen LogP contribution in [0.3, 0.4) is 0 Å². The molecule has 2 heterocycles. The van der Waals surface area contributed by atoms with E-state index >= 15 is 0 Å². The molecule has 1 amide bonds. The number of ether oxygens (including phenoxy) is 2. The van der Waals surface area contributed by atoms with Crippen LogP contribution in [0, 0.1) is 0 Å². The summed E-state index contributed by atoms with van der Waals surface area (Å²) in [4.78, 5) is 21.8. The van der Waals surface area contributed by atoms with E-state index in [1.807, 2.05) is 42.3 Å². The molecule has 0 saturated heterocycles. The Morgan fingerprint density at radius 1 is 1.20 bits per heavy atom. The Labute approximate surface area is 181 Å². The van der Waals surface area contributed by atoms with Crippen molar-refractivity contribution in [3.63, 3.8) is 0 Å². The molecule has 1 unspecified atom stereocenters. The Bertz CT molecular complexity index is 1030. The van der Waals surface area contributed by atoms with Crippen LogP contribution >= 0.6 is 11.3 Å². The number of benzene rings is 2. The van der Waals surface area contributed by atoms with Crippen molar-refractivity contribution < 1.29 is 14.3 Å². The maximum atomic E-state index is 13.0. The molecule has 158 valence electrons. The van der Waals surface area contributed by atoms with E-state index in [2.05, 4.69) is 17.9 Å². The summed E-state index contributed by atoms with van der Waals surface area (Å²) in [6.07, 6.45) is 0.818. The average molecular weight is 426 g/mol. The molecule has 0 radical (unpaired) electrons. The monoisotopic (exact) mass is 425 g/mol. The van der Waals surface area contributed by atoms with Crippen molar-refractivity contribution >= 4 is 27.5 Å². The third-order valence-corrected chi connectivity index (χ3v) is 6.99. The zero-order valence-electron chi connectivity index (χ0n) is 17.8. The quantitative estimate of drug-likeness (QED) is 0.600. The molecular weight excluding hydrogens is 398 g/mol. The predicted molar refractivity (Wildman–Crippen MR) is 119 cm³/mol. The lowest BCUT2D eigenvalue weighted by Crippen LogP contribution is -2.42. The zero-order valence-corrected chi connectivity index (χ0v) is 18.7. The van der Waals surface area contributed by atoms with Crippen molar-refractivity contribution in [1.29, 1.82) is 0 Å². The van der Waals surface area contributed by atoms with Crippen LogP contribution in [0.15, 0.2) is 36.4 Å². The molecule has 0 spiro atoms. The predicted octanol–water partition coefficient (Wildman–Crippen LogP) is 3.89. The number of aromatic nitrogens is 1. The minimum absolute atomic E-state index is 0.0767. The van der Waals surface area contributed by atoms with Gasteiger partial charge in [0.05, 0.1) is 37.0 Å². The second-order valence-electron chi connectivity index (χ2n) is 7.65. The molecule has 0 aliphatic carbocycles. The van der Waals surface area contributed by atoms with Gasteiger partial charge in [-0.3, -0.25) is 9.69 Å². The van der Waals surface area contributed by atoms with Gasteiger partial charge in [-0.1, -0.05) is 12.1 Å². The van der Waals surface area contributed by atoms with E-state index in [0.29, 0.717) is 25.4 Å². The molecule has 0 fully saturated rings. The largest absolute Gasteiger partial charge is 0.493 e. The number of hydrogen-bond donors (Lipinski definition) is 0. The van der Waals surface area contributed by atoms with Gasteiger partial charge < -0.3 is 14.4 Å². The van der Waals surface area contributed by atoms with Gasteiger partial charge >= 0.3 is 0 Å². The van der Waals surface area contributed by atoms with Gasteiger partial charge in [-0.2, -0.15) is 0 Å². The van der Waals surface area contributed by atoms with Crippen LogP contribution in [0.5, 0.6) is 11.5 Å². The summed E-state index contributed by atoms with van der Waals surface area (Å²) in [7, 11) is 5.26. The molecule has 6 nitrogen and oxygen atoms in total. The van der Waals surface area contributed by atoms with E-state index in [1.165, 1.54) is 10.3 Å². The van der Waals surface area contributed by atoms with Gasteiger partial charge in [-0.05, 0) is 55.8 Å². The number of methoxy groups -OCH3 is 2. The first-order valence-corrected chi connectivity index (χ1v) is 10.9. The fourth-order valence-corrected chi connectivity index (χ4v) is 4.89. The molecule has 3 aromatic rings. The van der Waals surface area contributed by atoms with Crippen molar-refractivity contribution in [1.82, 2.24) is 14.8 Å². The molecule has 2 aromatic carbocycles. The molecule has 1 atom stereocenters. The summed E-state index contributed by atoms with van der Waals surface area (Å²) >= 11 is 1.69. The van der Waals surface area contributed by atoms with Gasteiger partial charge in [0.2, 0.25) is 5.91 Å². The number of carbonyl (C=O) groups excluding carboxylic acids is 1. The van der Waals surface area contributed by atoms with Crippen LogP contribution < -0.4 is 9.47 Å². The zero-order chi connectivity index (χ0) is 21.3. The van der Waals surface area contributed by atoms with Gasteiger partial charge in [0, 0.05) is 13.1 Å². The number of hydrogen-bond acceptors (Lipinski definition) is 6. The number of thiazole rings is 1. The van der Waals surface area contributed by atoms with Gasteiger partial charge in [-0.15, -0.1) is 11.3 Å². The maximum absolute atomic E-state index is 13.0. The molecule has 1 aliphatic heterocycles. The number of nitrogens with zero attached hydrogens (tertiary/aromatic N) is 3. The second kappa shape index (κ2) is 8.62. The Balaban J connectivity index is 1.43. The second-order valence-corrected chi connectivity index (χ2v) is 8.71. The Kier molecular flexibility index (Phi) is 5.92. The SMILES string of the molecule is COc1cc2c(cc1OC)CN(C(=O)CN(C)C(C)c1nc3ccccc3s1)CC2. The number of rotatable bonds is 6. The highest BCUT2D eigenvalue weighted by Crippen LogP contribution is 2.33. The standard InChI is InChI=1S/C23H27N3O3S/c1-15(23-24-18-7-5-6-8-21(18)30-23)25(2)14-22(27)26-10-9-16-11-19(28-3)20(29-4)12-17(16)13-26/h5-8,11-12,15H,9-10,13-14H2,1-4H3. The lowest BCUT2D eigenvalue weighted by molar-refractivity contribution is -0.133. The fraction of sp³-hybridized carbons (Fsp3) is 0.391. The number of likely N-dealkylation sites (N-methyl/N-ethyl adjacent to an activating group) is 1. The summed E-state index contributed by atoms with van der Waals surface area (Å²) in [5, 5.41) is 1.03. The highest BCUT2D eigenvalue weighted by molar-refractivity contribution is 7.18. The van der Waals surface area contributed by atoms with E-state index in [9.17, 15) is 4.79 Å². The first kappa shape index (κ1) is 20.6. The Morgan fingerprint density at radius 2 is 1.90 bits per heavy atom. The van der Waals surface area contributed by atoms with E-state index < -0.39 is 0 Å². The Hall–Kier alpha value is -2.64. The van der Waals surface area contributed by atoms with Gasteiger partial charge in [-0.25, -0.2) is 4.98 Å². The lowest BCUT2D eigenvalue weighted by Gasteiger charge is -2.32. The van der Waals surface area contributed by atoms with E-state index in [0.717, 1.165) is 28.3 Å². The van der Waals surface area contributed by atoms with Gasteiger partial charge in [0.15, 0.2) is 11.5 Å². The van der Waals surface area contributed by atoms with Crippen molar-refractivity contribution in [2.75, 3.05) is 34.4 Å². The minimum atomic E-state index is 0.0767. The van der Waals surface area contributed by atoms with Crippen LogP contribution in [0.2, 0.25) is 0 Å². The smallest absolute Gasteiger partial charge is 0.237 e. The molecule has 30 heavy (non-hydrogen) atoms. The minimum Gasteiger partial charge on any atom is -0.493 e. The summed E-state index contributed by atoms with van der Waals surface area (Å²) < 4.78 is 12.0. The highest BCUT2D eigenvalue weighted by atomic mass is 32.1. The Morgan fingerprint density at radius 3 is 2.60 bits per heavy atom. The topological polar surface area (TPSA) is 54.9 Å². The van der Waals surface area contributed by atoms with Crippen molar-refractivity contribution in [3.8, 4) is 11.5 Å². The fourth-order valence-electron chi connectivity index (χ4n) is 3.80. The molecular formula is C23H27N3O3S. The summed E-state index contributed by atoms with van der Waals surface area (Å²) in [5.41, 5.74) is 3.35. The van der Waals surface area contributed by atoms with Crippen molar-refractivity contribution in [2.45, 2.75) is 25.9 Å². The molecule has 0 bridgehead atoms. The van der Waals surface area contributed by atoms with Crippen LogP contribution in [0.1, 0.15) is 29.1 Å². The van der Waals surface area contributed by atoms with Crippen LogP contribution in [-0.4, -0.2) is 55.0 Å². The normalized spacial score (nSPS) is 14.6. The number of fused-ring (bicyclic) bond motifs is 2. The van der Waals surface area contributed by atoms with E-state index in [-0.39, 0.29) is 11.9 Å². The molecule has 4 rings (SSSR count). The molecule has 0 saturated carbocycles. The first-order valence-electron chi connectivity index (χ1n) is 10.1. The number of carbonyl (C=O) groups is 1. The maximum Gasteiger partial charge on any atom is 0.237 e. The lowest BCUT2D eigenvalue weighted by atomic mass is 9.98. The summed E-state index contributed by atoms with van der Waals surface area (Å²) in [6.45, 7) is 3.77. The molecule has 1 aromatic heterocycles. The van der Waals surface area contributed by atoms with Crippen LogP contribution in [-0.2, 0) is 17.8 Å². The van der Waals surface area contributed by atoms with Gasteiger partial charge in [0.25, 0.3) is 0 Å². The van der Waals surface area contributed by atoms with E-state index in [1.54, 1.807) is 25.6 Å². The third-order valence-electron chi connectivity index (χ3n) is 5.78. The summed E-state index contributed by atoms with van der Waals surface area (Å²) in [5.74, 6) is 1.57. The molecule has 1 aliphatic rings. The summed E-state index contributed by atoms with van der Waals surface area (Å²) in [6, 6.07) is 12.2. The molecule has 7 heteroatoms. The first-order chi connectivity index (χ1) is 14.5. The van der Waals surface area contributed by atoms with Crippen molar-refractivity contribution in [3.05, 3.63) is 52.5 Å². The third kappa shape index (κ3) is 4.00. The molecule has 0 N–H and O–H groups in total. The number of amides is 1. The van der Waals surface area contributed by atoms with E-state index in [4.69, 9.17) is 14.5 Å². The number of para-hydroxylation sites is 1.